The quantitative estimate of drug-likeness (QED) is 0.229. The number of hydrogen-bond acceptors (Lipinski definition) is 4. The zero-order valence-electron chi connectivity index (χ0n) is 20.4. The molecule has 1 radical (unpaired) electrons. The zero-order chi connectivity index (χ0) is 24.3. The van der Waals surface area contributed by atoms with Gasteiger partial charge in [0, 0.05) is 52.2 Å². The van der Waals surface area contributed by atoms with Gasteiger partial charge in [-0.1, -0.05) is 88.4 Å². The minimum Gasteiger partial charge on any atom is -0.507 e. The van der Waals surface area contributed by atoms with Gasteiger partial charge in [-0.15, -0.1) is 0 Å². The van der Waals surface area contributed by atoms with E-state index in [2.05, 4.69) is 0 Å². The summed E-state index contributed by atoms with van der Waals surface area (Å²) in [5, 5.41) is 19.9. The fourth-order valence-corrected chi connectivity index (χ4v) is 2.94. The van der Waals surface area contributed by atoms with Crippen LogP contribution in [0.2, 0.25) is 0 Å². The predicted molar refractivity (Wildman–Crippen MR) is 132 cm³/mol. The number of aliphatic hydroxyl groups is 2. The molecule has 0 atom stereocenters. The third kappa shape index (κ3) is 10.7. The molecule has 0 unspecified atom stereocenters. The van der Waals surface area contributed by atoms with Gasteiger partial charge in [0.2, 0.25) is 0 Å². The van der Waals surface area contributed by atoms with Crippen LogP contribution < -0.4 is 0 Å². The van der Waals surface area contributed by atoms with E-state index >= 15 is 0 Å². The molecule has 0 amide bonds. The Morgan fingerprint density at radius 1 is 0.636 bits per heavy atom. The van der Waals surface area contributed by atoms with Crippen LogP contribution in [-0.2, 0) is 26.7 Å². The Labute approximate surface area is 208 Å². The number of benzene rings is 2. The molecule has 0 aliphatic carbocycles. The summed E-state index contributed by atoms with van der Waals surface area (Å²) in [6.07, 6.45) is 0.950. The van der Waals surface area contributed by atoms with E-state index in [9.17, 15) is 19.8 Å². The van der Waals surface area contributed by atoms with Crippen LogP contribution in [0.5, 0.6) is 0 Å². The summed E-state index contributed by atoms with van der Waals surface area (Å²) in [5.41, 5.74) is 2.27. The molecule has 0 saturated heterocycles. The minimum absolute atomic E-state index is 0. The Balaban J connectivity index is 0.000000602. The Kier molecular flexibility index (Phi) is 14.0. The van der Waals surface area contributed by atoms with Crippen LogP contribution in [0.4, 0.5) is 0 Å². The molecule has 0 aliphatic rings. The second-order valence-electron chi connectivity index (χ2n) is 8.72. The van der Waals surface area contributed by atoms with Crippen molar-refractivity contribution in [3.63, 3.8) is 0 Å². The number of aliphatic hydroxyl groups excluding tert-OH is 2. The topological polar surface area (TPSA) is 74.6 Å². The summed E-state index contributed by atoms with van der Waals surface area (Å²) in [4.78, 5) is 23.5. The van der Waals surface area contributed by atoms with Crippen LogP contribution in [0.1, 0.15) is 65.5 Å². The Hall–Kier alpha value is -2.62. The summed E-state index contributed by atoms with van der Waals surface area (Å²) in [6, 6.07) is 18.3. The van der Waals surface area contributed by atoms with Crippen LogP contribution >= 0.6 is 0 Å². The predicted octanol–water partition coefficient (Wildman–Crippen LogP) is 7.18. The molecule has 0 fully saturated rings. The van der Waals surface area contributed by atoms with Gasteiger partial charge in [-0.2, -0.15) is 0 Å². The second-order valence-corrected chi connectivity index (χ2v) is 8.72. The number of allylic oxidation sites excluding steroid dienone is 2. The van der Waals surface area contributed by atoms with Gasteiger partial charge in [-0.05, 0) is 25.7 Å². The SMILES string of the molecule is C/C(C(=O)CC(C)C)=C(/O)c1ccccc1.C/C(C(=O)CC(C)C)=C(/O)c1ccccc1.[Cu]. The minimum atomic E-state index is 0. The fourth-order valence-electron chi connectivity index (χ4n) is 2.94. The number of ketones is 2. The van der Waals surface area contributed by atoms with Crippen LogP contribution in [0, 0.1) is 11.8 Å². The maximum Gasteiger partial charge on any atom is 0.162 e. The zero-order valence-corrected chi connectivity index (χ0v) is 21.3. The van der Waals surface area contributed by atoms with E-state index in [1.807, 2.05) is 64.1 Å². The van der Waals surface area contributed by atoms with Crippen molar-refractivity contribution in [1.82, 2.24) is 0 Å². The molecule has 0 heterocycles. The maximum absolute atomic E-state index is 11.8. The van der Waals surface area contributed by atoms with Crippen molar-refractivity contribution in [2.24, 2.45) is 11.8 Å². The smallest absolute Gasteiger partial charge is 0.162 e. The summed E-state index contributed by atoms with van der Waals surface area (Å²) >= 11 is 0. The van der Waals surface area contributed by atoms with Gasteiger partial charge >= 0.3 is 0 Å². The van der Waals surface area contributed by atoms with Crippen molar-refractivity contribution in [1.29, 1.82) is 0 Å². The van der Waals surface area contributed by atoms with E-state index in [-0.39, 0.29) is 40.2 Å². The van der Waals surface area contributed by atoms with Crippen molar-refractivity contribution in [2.75, 3.05) is 0 Å². The molecule has 0 bridgehead atoms. The molecule has 2 aromatic carbocycles. The maximum atomic E-state index is 11.8. The van der Waals surface area contributed by atoms with Crippen LogP contribution in [0.25, 0.3) is 11.5 Å². The number of Topliss-reactive ketones (excluding diaryl/α,β-unsaturated/α-hetero) is 2. The number of carbonyl (C=O) groups is 2. The molecule has 0 aliphatic heterocycles. The number of carbonyl (C=O) groups excluding carboxylic acids is 2. The molecule has 0 saturated carbocycles. The molecule has 5 heteroatoms. The molecule has 2 N–H and O–H groups in total. The van der Waals surface area contributed by atoms with Gasteiger partial charge in [0.15, 0.2) is 11.6 Å². The van der Waals surface area contributed by atoms with E-state index in [0.717, 1.165) is 0 Å². The second kappa shape index (κ2) is 15.3. The van der Waals surface area contributed by atoms with Crippen LogP contribution in [-0.4, -0.2) is 21.8 Å². The third-order valence-electron chi connectivity index (χ3n) is 4.83. The Bertz CT molecular complexity index is 863. The summed E-state index contributed by atoms with van der Waals surface area (Å²) in [6.45, 7) is 11.3. The van der Waals surface area contributed by atoms with Gasteiger partial charge in [-0.3, -0.25) is 9.59 Å². The normalized spacial score (nSPS) is 12.1. The van der Waals surface area contributed by atoms with Crippen molar-refractivity contribution < 1.29 is 36.9 Å². The first-order chi connectivity index (χ1) is 15.0. The first-order valence-electron chi connectivity index (χ1n) is 11.0. The largest absolute Gasteiger partial charge is 0.507 e. The molecule has 2 rings (SSSR count). The van der Waals surface area contributed by atoms with E-state index < -0.39 is 0 Å². The molecular weight excluding hydrogens is 464 g/mol. The average molecular weight is 500 g/mol. The molecule has 4 nitrogen and oxygen atoms in total. The fraction of sp³-hybridized carbons (Fsp3) is 0.357. The Morgan fingerprint density at radius 3 is 1.15 bits per heavy atom. The van der Waals surface area contributed by atoms with E-state index in [1.54, 1.807) is 38.1 Å². The van der Waals surface area contributed by atoms with Gasteiger partial charge < -0.3 is 10.2 Å². The van der Waals surface area contributed by atoms with Crippen molar-refractivity contribution in [3.8, 4) is 0 Å². The molecule has 0 aromatic heterocycles. The average Bonchev–Trinajstić information content (AvgIpc) is 2.77. The van der Waals surface area contributed by atoms with Gasteiger partial charge in [-0.25, -0.2) is 0 Å². The van der Waals surface area contributed by atoms with Gasteiger partial charge in [0.05, 0.1) is 0 Å². The number of rotatable bonds is 8. The molecule has 0 spiro atoms. The van der Waals surface area contributed by atoms with Gasteiger partial charge in [0.25, 0.3) is 0 Å². The van der Waals surface area contributed by atoms with Crippen molar-refractivity contribution >= 4 is 23.1 Å². The standard InChI is InChI=1S/2C14H18O2.Cu/c2*1-10(2)9-13(15)11(3)14(16)12-7-5-4-6-8-12;/h2*4-8,10,16H,9H2,1-3H3;/b2*14-11-;. The summed E-state index contributed by atoms with van der Waals surface area (Å²) < 4.78 is 0. The first kappa shape index (κ1) is 30.4. The third-order valence-corrected chi connectivity index (χ3v) is 4.83. The van der Waals surface area contributed by atoms with Crippen molar-refractivity contribution in [2.45, 2.75) is 54.4 Å². The van der Waals surface area contributed by atoms with Gasteiger partial charge in [0.1, 0.15) is 11.5 Å². The molecule has 2 aromatic rings. The van der Waals surface area contributed by atoms with E-state index in [4.69, 9.17) is 0 Å². The molecule has 33 heavy (non-hydrogen) atoms. The van der Waals surface area contributed by atoms with E-state index in [0.29, 0.717) is 47.0 Å². The van der Waals surface area contributed by atoms with Crippen LogP contribution in [0.3, 0.4) is 0 Å². The molecule has 183 valence electrons. The monoisotopic (exact) mass is 499 g/mol. The number of hydrogen-bond donors (Lipinski definition) is 2. The molecular formula is C28H36CuO4. The van der Waals surface area contributed by atoms with Crippen molar-refractivity contribution in [3.05, 3.63) is 82.9 Å². The Morgan fingerprint density at radius 2 is 0.909 bits per heavy atom. The summed E-state index contributed by atoms with van der Waals surface area (Å²) in [5.74, 6) is 0.822. The summed E-state index contributed by atoms with van der Waals surface area (Å²) in [7, 11) is 0. The first-order valence-corrected chi connectivity index (χ1v) is 11.0. The van der Waals surface area contributed by atoms with E-state index in [1.165, 1.54) is 0 Å². The van der Waals surface area contributed by atoms with Crippen LogP contribution in [0.15, 0.2) is 71.8 Å².